The van der Waals surface area contributed by atoms with Crippen molar-refractivity contribution in [3.05, 3.63) is 0 Å². The molecule has 2 aliphatic heterocycles. The highest BCUT2D eigenvalue weighted by Gasteiger charge is 2.22. The minimum atomic E-state index is 0.111. The summed E-state index contributed by atoms with van der Waals surface area (Å²) >= 11 is 0. The molecule has 0 radical (unpaired) electrons. The van der Waals surface area contributed by atoms with Crippen molar-refractivity contribution < 1.29 is 4.79 Å². The van der Waals surface area contributed by atoms with Crippen LogP contribution in [-0.4, -0.2) is 49.6 Å². The highest BCUT2D eigenvalue weighted by molar-refractivity contribution is 5.73. The second-order valence-electron chi connectivity index (χ2n) is 5.49. The highest BCUT2D eigenvalue weighted by atomic mass is 16.1. The summed E-state index contributed by atoms with van der Waals surface area (Å²) in [6, 6.07) is 0.410. The Morgan fingerprint density at radius 3 is 2.71 bits per heavy atom. The van der Waals surface area contributed by atoms with Gasteiger partial charge in [0.05, 0.1) is 0 Å². The Hall–Kier alpha value is -0.610. The van der Waals surface area contributed by atoms with Crippen molar-refractivity contribution in [2.24, 2.45) is 5.92 Å². The first-order valence-electron chi connectivity index (χ1n) is 6.94. The van der Waals surface area contributed by atoms with Crippen LogP contribution in [0.4, 0.5) is 0 Å². The summed E-state index contributed by atoms with van der Waals surface area (Å²) < 4.78 is 0. The van der Waals surface area contributed by atoms with E-state index in [1.54, 1.807) is 6.92 Å². The lowest BCUT2D eigenvalue weighted by molar-refractivity contribution is -0.119. The molecule has 2 rings (SSSR count). The molecule has 4 heteroatoms. The smallest absolute Gasteiger partial charge is 0.217 e. The third-order valence-corrected chi connectivity index (χ3v) is 3.91. The summed E-state index contributed by atoms with van der Waals surface area (Å²) in [6.07, 6.45) is 4.92. The standard InChI is InChI=1S/C13H25N3O/c1-11(17)15-13-4-7-16(8-5-13)10-12-3-2-6-14-9-12/h12-14H,2-10H2,1H3,(H,15,17). The molecule has 4 nitrogen and oxygen atoms in total. The van der Waals surface area contributed by atoms with E-state index in [9.17, 15) is 4.79 Å². The molecule has 98 valence electrons. The molecule has 2 aliphatic rings. The monoisotopic (exact) mass is 239 g/mol. The van der Waals surface area contributed by atoms with E-state index < -0.39 is 0 Å². The van der Waals surface area contributed by atoms with Crippen molar-refractivity contribution in [2.45, 2.75) is 38.6 Å². The number of rotatable bonds is 3. The quantitative estimate of drug-likeness (QED) is 0.757. The number of amides is 1. The summed E-state index contributed by atoms with van der Waals surface area (Å²) in [5.74, 6) is 0.945. The van der Waals surface area contributed by atoms with Gasteiger partial charge >= 0.3 is 0 Å². The number of hydrogen-bond donors (Lipinski definition) is 2. The van der Waals surface area contributed by atoms with Crippen LogP contribution in [-0.2, 0) is 4.79 Å². The molecule has 0 aromatic carbocycles. The number of nitrogens with one attached hydrogen (secondary N) is 2. The van der Waals surface area contributed by atoms with E-state index in [4.69, 9.17) is 0 Å². The largest absolute Gasteiger partial charge is 0.354 e. The Bertz CT molecular complexity index is 243. The number of carbonyl (C=O) groups excluding carboxylic acids is 1. The number of nitrogens with zero attached hydrogens (tertiary/aromatic N) is 1. The lowest BCUT2D eigenvalue weighted by atomic mass is 9.97. The summed E-state index contributed by atoms with van der Waals surface area (Å²) in [4.78, 5) is 13.5. The maximum absolute atomic E-state index is 11.0. The van der Waals surface area contributed by atoms with E-state index in [0.717, 1.165) is 31.8 Å². The van der Waals surface area contributed by atoms with Gasteiger partial charge in [-0.15, -0.1) is 0 Å². The average molecular weight is 239 g/mol. The summed E-state index contributed by atoms with van der Waals surface area (Å²) in [7, 11) is 0. The van der Waals surface area contributed by atoms with Crippen LogP contribution in [0.2, 0.25) is 0 Å². The normalized spacial score (nSPS) is 27.9. The van der Waals surface area contributed by atoms with E-state index >= 15 is 0 Å². The van der Waals surface area contributed by atoms with Crippen LogP contribution >= 0.6 is 0 Å². The van der Waals surface area contributed by atoms with Gasteiger partial charge in [0, 0.05) is 32.6 Å². The summed E-state index contributed by atoms with van der Waals surface area (Å²) in [6.45, 7) is 7.51. The highest BCUT2D eigenvalue weighted by Crippen LogP contribution is 2.16. The fourth-order valence-electron chi connectivity index (χ4n) is 2.99. The summed E-state index contributed by atoms with van der Waals surface area (Å²) in [5.41, 5.74) is 0. The molecule has 17 heavy (non-hydrogen) atoms. The van der Waals surface area contributed by atoms with Crippen molar-refractivity contribution >= 4 is 5.91 Å². The van der Waals surface area contributed by atoms with Gasteiger partial charge in [0.1, 0.15) is 0 Å². The van der Waals surface area contributed by atoms with Crippen LogP contribution in [0.25, 0.3) is 0 Å². The maximum Gasteiger partial charge on any atom is 0.217 e. The zero-order valence-corrected chi connectivity index (χ0v) is 10.9. The fraction of sp³-hybridized carbons (Fsp3) is 0.923. The molecule has 2 heterocycles. The molecular formula is C13H25N3O. The number of hydrogen-bond acceptors (Lipinski definition) is 3. The van der Waals surface area contributed by atoms with Gasteiger partial charge in [-0.2, -0.15) is 0 Å². The second-order valence-corrected chi connectivity index (χ2v) is 5.49. The van der Waals surface area contributed by atoms with E-state index in [1.165, 1.54) is 32.5 Å². The molecule has 0 aromatic rings. The van der Waals surface area contributed by atoms with E-state index in [1.807, 2.05) is 0 Å². The van der Waals surface area contributed by atoms with Gasteiger partial charge in [0.15, 0.2) is 0 Å². The Morgan fingerprint density at radius 1 is 1.35 bits per heavy atom. The predicted molar refractivity (Wildman–Crippen MR) is 68.9 cm³/mol. The van der Waals surface area contributed by atoms with Gasteiger partial charge in [-0.25, -0.2) is 0 Å². The van der Waals surface area contributed by atoms with E-state index in [0.29, 0.717) is 6.04 Å². The van der Waals surface area contributed by atoms with Crippen LogP contribution in [0.5, 0.6) is 0 Å². The SMILES string of the molecule is CC(=O)NC1CCN(CC2CCCNC2)CC1. The number of likely N-dealkylation sites (tertiary alicyclic amines) is 1. The Balaban J connectivity index is 1.66. The molecule has 0 bridgehead atoms. The predicted octanol–water partition coefficient (Wildman–Crippen LogP) is 0.587. The van der Waals surface area contributed by atoms with Crippen LogP contribution in [0.1, 0.15) is 32.6 Å². The van der Waals surface area contributed by atoms with Gasteiger partial charge in [-0.05, 0) is 44.7 Å². The number of carbonyl (C=O) groups is 1. The molecule has 1 amide bonds. The third kappa shape index (κ3) is 4.28. The van der Waals surface area contributed by atoms with Crippen molar-refractivity contribution in [2.75, 3.05) is 32.7 Å². The van der Waals surface area contributed by atoms with Gasteiger partial charge in [-0.1, -0.05) is 0 Å². The average Bonchev–Trinajstić information content (AvgIpc) is 2.32. The molecule has 1 atom stereocenters. The van der Waals surface area contributed by atoms with Crippen LogP contribution in [0, 0.1) is 5.92 Å². The fourth-order valence-corrected chi connectivity index (χ4v) is 2.99. The van der Waals surface area contributed by atoms with E-state index in [-0.39, 0.29) is 5.91 Å². The van der Waals surface area contributed by atoms with Crippen LogP contribution in [0.15, 0.2) is 0 Å². The van der Waals surface area contributed by atoms with Gasteiger partial charge in [0.2, 0.25) is 5.91 Å². The van der Waals surface area contributed by atoms with Crippen molar-refractivity contribution in [1.29, 1.82) is 0 Å². The zero-order chi connectivity index (χ0) is 12.1. The third-order valence-electron chi connectivity index (χ3n) is 3.91. The van der Waals surface area contributed by atoms with Gasteiger partial charge in [-0.3, -0.25) is 4.79 Å². The zero-order valence-electron chi connectivity index (χ0n) is 10.9. The first kappa shape index (κ1) is 12.8. The van der Waals surface area contributed by atoms with Gasteiger partial charge in [0.25, 0.3) is 0 Å². The van der Waals surface area contributed by atoms with Gasteiger partial charge < -0.3 is 15.5 Å². The molecule has 0 spiro atoms. The van der Waals surface area contributed by atoms with E-state index in [2.05, 4.69) is 15.5 Å². The Morgan fingerprint density at radius 2 is 2.12 bits per heavy atom. The Labute approximate surface area is 104 Å². The molecule has 0 aliphatic carbocycles. The first-order chi connectivity index (χ1) is 8.24. The van der Waals surface area contributed by atoms with Crippen molar-refractivity contribution in [3.63, 3.8) is 0 Å². The van der Waals surface area contributed by atoms with Crippen molar-refractivity contribution in [3.8, 4) is 0 Å². The first-order valence-corrected chi connectivity index (χ1v) is 6.94. The molecule has 0 saturated carbocycles. The molecular weight excluding hydrogens is 214 g/mol. The van der Waals surface area contributed by atoms with Crippen LogP contribution in [0.3, 0.4) is 0 Å². The molecule has 2 fully saturated rings. The minimum Gasteiger partial charge on any atom is -0.354 e. The second kappa shape index (κ2) is 6.36. The lowest BCUT2D eigenvalue weighted by Gasteiger charge is -2.35. The molecule has 2 saturated heterocycles. The molecule has 1 unspecified atom stereocenters. The molecule has 0 aromatic heterocycles. The number of piperidine rings is 2. The lowest BCUT2D eigenvalue weighted by Crippen LogP contribution is -2.46. The van der Waals surface area contributed by atoms with Crippen molar-refractivity contribution in [1.82, 2.24) is 15.5 Å². The topological polar surface area (TPSA) is 44.4 Å². The van der Waals surface area contributed by atoms with Crippen LogP contribution < -0.4 is 10.6 Å². The Kier molecular flexibility index (Phi) is 4.80. The minimum absolute atomic E-state index is 0.111. The maximum atomic E-state index is 11.0. The molecule has 2 N–H and O–H groups in total. The summed E-state index contributed by atoms with van der Waals surface area (Å²) in [5, 5.41) is 6.50.